The predicted octanol–water partition coefficient (Wildman–Crippen LogP) is 4.65. The van der Waals surface area contributed by atoms with Gasteiger partial charge < -0.3 is 19.5 Å². The molecule has 0 saturated heterocycles. The van der Waals surface area contributed by atoms with Gasteiger partial charge in [0.15, 0.2) is 0 Å². The lowest BCUT2D eigenvalue weighted by molar-refractivity contribution is 0.114. The molecule has 0 aliphatic rings. The first kappa shape index (κ1) is 17.9. The molecule has 0 fully saturated rings. The lowest BCUT2D eigenvalue weighted by Crippen LogP contribution is -2.30. The van der Waals surface area contributed by atoms with E-state index in [9.17, 15) is 4.79 Å². The second kappa shape index (κ2) is 9.03. The minimum Gasteiger partial charge on any atom is -0.492 e. The van der Waals surface area contributed by atoms with Gasteiger partial charge in [0.1, 0.15) is 23.9 Å². The van der Waals surface area contributed by atoms with Crippen molar-refractivity contribution in [2.45, 2.75) is 20.0 Å². The van der Waals surface area contributed by atoms with Crippen molar-refractivity contribution in [1.82, 2.24) is 5.32 Å². The number of rotatable bonds is 7. The highest BCUT2D eigenvalue weighted by Crippen LogP contribution is 2.24. The summed E-state index contributed by atoms with van der Waals surface area (Å²) in [7, 11) is 0. The third kappa shape index (κ3) is 6.38. The quantitative estimate of drug-likeness (QED) is 0.739. The minimum atomic E-state index is -0.444. The smallest absolute Gasteiger partial charge is 0.407 e. The molecule has 5 nitrogen and oxygen atoms in total. The summed E-state index contributed by atoms with van der Waals surface area (Å²) in [6.07, 6.45) is -0.584. The second-order valence-electron chi connectivity index (χ2n) is 5.26. The van der Waals surface area contributed by atoms with Gasteiger partial charge in [-0.1, -0.05) is 11.6 Å². The van der Waals surface area contributed by atoms with Gasteiger partial charge in [-0.2, -0.15) is 0 Å². The molecule has 0 heterocycles. The van der Waals surface area contributed by atoms with Crippen LogP contribution in [0.25, 0.3) is 0 Å². The van der Waals surface area contributed by atoms with Crippen LogP contribution in [0.3, 0.4) is 0 Å². The molecule has 0 unspecified atom stereocenters. The number of carbonyl (C=O) groups is 1. The van der Waals surface area contributed by atoms with Crippen LogP contribution in [0.1, 0.15) is 13.8 Å². The molecule has 1 N–H and O–H groups in total. The molecule has 128 valence electrons. The molecule has 2 rings (SSSR count). The van der Waals surface area contributed by atoms with E-state index in [1.165, 1.54) is 0 Å². The SMILES string of the molecule is CC(C)OC(=O)NCCOc1ccc(Oc2ccc(Cl)cc2)cc1. The summed E-state index contributed by atoms with van der Waals surface area (Å²) >= 11 is 5.83. The van der Waals surface area contributed by atoms with Gasteiger partial charge >= 0.3 is 6.09 Å². The summed E-state index contributed by atoms with van der Waals surface area (Å²) in [5.74, 6) is 2.10. The van der Waals surface area contributed by atoms with Gasteiger partial charge in [-0.05, 0) is 62.4 Å². The number of amides is 1. The van der Waals surface area contributed by atoms with Crippen molar-refractivity contribution in [3.63, 3.8) is 0 Å². The maximum absolute atomic E-state index is 11.3. The van der Waals surface area contributed by atoms with Gasteiger partial charge in [-0.25, -0.2) is 4.79 Å². The zero-order valence-electron chi connectivity index (χ0n) is 13.6. The average Bonchev–Trinajstić information content (AvgIpc) is 2.54. The topological polar surface area (TPSA) is 56.8 Å². The van der Waals surface area contributed by atoms with Crippen LogP contribution >= 0.6 is 11.6 Å². The number of hydrogen-bond donors (Lipinski definition) is 1. The Labute approximate surface area is 146 Å². The Morgan fingerprint density at radius 1 is 1.00 bits per heavy atom. The van der Waals surface area contributed by atoms with Gasteiger partial charge in [-0.3, -0.25) is 0 Å². The van der Waals surface area contributed by atoms with Crippen molar-refractivity contribution in [2.75, 3.05) is 13.2 Å². The predicted molar refractivity (Wildman–Crippen MR) is 93.1 cm³/mol. The Bertz CT molecular complexity index is 641. The molecule has 0 bridgehead atoms. The van der Waals surface area contributed by atoms with Crippen LogP contribution in [-0.2, 0) is 4.74 Å². The Morgan fingerprint density at radius 2 is 1.54 bits per heavy atom. The van der Waals surface area contributed by atoms with Gasteiger partial charge in [0.25, 0.3) is 0 Å². The maximum atomic E-state index is 11.3. The monoisotopic (exact) mass is 349 g/mol. The first-order chi connectivity index (χ1) is 11.5. The average molecular weight is 350 g/mol. The Balaban J connectivity index is 1.74. The summed E-state index contributed by atoms with van der Waals surface area (Å²) in [4.78, 5) is 11.3. The fourth-order valence-electron chi connectivity index (χ4n) is 1.82. The number of carbonyl (C=O) groups excluding carboxylic acids is 1. The molecule has 0 spiro atoms. The number of hydrogen-bond acceptors (Lipinski definition) is 4. The van der Waals surface area contributed by atoms with E-state index in [4.69, 9.17) is 25.8 Å². The van der Waals surface area contributed by atoms with E-state index in [2.05, 4.69) is 5.32 Å². The van der Waals surface area contributed by atoms with Gasteiger partial charge in [0, 0.05) is 5.02 Å². The van der Waals surface area contributed by atoms with Crippen LogP contribution in [-0.4, -0.2) is 25.3 Å². The Hall–Kier alpha value is -2.40. The summed E-state index contributed by atoms with van der Waals surface area (Å²) in [6.45, 7) is 4.31. The Kier molecular flexibility index (Phi) is 6.75. The number of halogens is 1. The van der Waals surface area contributed by atoms with Crippen LogP contribution in [0.4, 0.5) is 4.79 Å². The van der Waals surface area contributed by atoms with E-state index in [0.29, 0.717) is 35.4 Å². The standard InChI is InChI=1S/C18H20ClNO4/c1-13(2)23-18(21)20-11-12-22-15-7-9-17(10-8-15)24-16-5-3-14(19)4-6-16/h3-10,13H,11-12H2,1-2H3,(H,20,21). The van der Waals surface area contributed by atoms with Crippen molar-refractivity contribution >= 4 is 17.7 Å². The highest BCUT2D eigenvalue weighted by molar-refractivity contribution is 6.30. The van der Waals surface area contributed by atoms with Crippen LogP contribution in [0.5, 0.6) is 17.2 Å². The molecule has 0 aliphatic heterocycles. The Morgan fingerprint density at radius 3 is 2.12 bits per heavy atom. The fourth-order valence-corrected chi connectivity index (χ4v) is 1.95. The first-order valence-electron chi connectivity index (χ1n) is 7.63. The molecule has 2 aromatic carbocycles. The van der Waals surface area contributed by atoms with Gasteiger partial charge in [0.05, 0.1) is 12.6 Å². The first-order valence-corrected chi connectivity index (χ1v) is 8.01. The van der Waals surface area contributed by atoms with Crippen LogP contribution in [0.2, 0.25) is 5.02 Å². The highest BCUT2D eigenvalue weighted by Gasteiger charge is 2.04. The number of nitrogens with one attached hydrogen (secondary N) is 1. The van der Waals surface area contributed by atoms with Gasteiger partial charge in [0.2, 0.25) is 0 Å². The molecule has 0 radical (unpaired) electrons. The molecule has 0 aromatic heterocycles. The summed E-state index contributed by atoms with van der Waals surface area (Å²) in [6, 6.07) is 14.4. The summed E-state index contributed by atoms with van der Waals surface area (Å²) in [5, 5.41) is 3.28. The van der Waals surface area contributed by atoms with Crippen molar-refractivity contribution in [3.05, 3.63) is 53.6 Å². The van der Waals surface area contributed by atoms with Gasteiger partial charge in [-0.15, -0.1) is 0 Å². The summed E-state index contributed by atoms with van der Waals surface area (Å²) < 4.78 is 16.2. The molecule has 0 atom stereocenters. The minimum absolute atomic E-state index is 0.140. The number of alkyl carbamates (subject to hydrolysis) is 1. The molecule has 0 aliphatic carbocycles. The third-order valence-electron chi connectivity index (χ3n) is 2.86. The van der Waals surface area contributed by atoms with E-state index in [1.807, 2.05) is 12.1 Å². The second-order valence-corrected chi connectivity index (χ2v) is 5.69. The van der Waals surface area contributed by atoms with E-state index in [1.54, 1.807) is 50.2 Å². The third-order valence-corrected chi connectivity index (χ3v) is 3.11. The number of benzene rings is 2. The highest BCUT2D eigenvalue weighted by atomic mass is 35.5. The van der Waals surface area contributed by atoms with Crippen molar-refractivity contribution in [1.29, 1.82) is 0 Å². The molecular formula is C18H20ClNO4. The van der Waals surface area contributed by atoms with Crippen LogP contribution < -0.4 is 14.8 Å². The zero-order valence-corrected chi connectivity index (χ0v) is 14.4. The van der Waals surface area contributed by atoms with E-state index in [0.717, 1.165) is 0 Å². The normalized spacial score (nSPS) is 10.3. The summed E-state index contributed by atoms with van der Waals surface area (Å²) in [5.41, 5.74) is 0. The fraction of sp³-hybridized carbons (Fsp3) is 0.278. The van der Waals surface area contributed by atoms with Crippen molar-refractivity contribution in [3.8, 4) is 17.2 Å². The van der Waals surface area contributed by atoms with E-state index < -0.39 is 6.09 Å². The van der Waals surface area contributed by atoms with Crippen LogP contribution in [0, 0.1) is 0 Å². The van der Waals surface area contributed by atoms with Crippen molar-refractivity contribution < 1.29 is 19.0 Å². The maximum Gasteiger partial charge on any atom is 0.407 e. The van der Waals surface area contributed by atoms with Crippen molar-refractivity contribution in [2.24, 2.45) is 0 Å². The molecule has 2 aromatic rings. The lowest BCUT2D eigenvalue weighted by atomic mass is 10.3. The lowest BCUT2D eigenvalue weighted by Gasteiger charge is -2.11. The molecule has 24 heavy (non-hydrogen) atoms. The molecule has 6 heteroatoms. The van der Waals surface area contributed by atoms with E-state index >= 15 is 0 Å². The largest absolute Gasteiger partial charge is 0.492 e. The molecular weight excluding hydrogens is 330 g/mol. The molecule has 0 saturated carbocycles. The zero-order chi connectivity index (χ0) is 17.4. The molecule has 1 amide bonds. The number of ether oxygens (including phenoxy) is 3. The van der Waals surface area contributed by atoms with Crippen LogP contribution in [0.15, 0.2) is 48.5 Å². The van der Waals surface area contributed by atoms with E-state index in [-0.39, 0.29) is 6.10 Å².